The summed E-state index contributed by atoms with van der Waals surface area (Å²) in [6, 6.07) is 3.76. The molecule has 118 valence electrons. The fraction of sp³-hybridized carbons (Fsp3) is 0.643. The molecule has 0 aliphatic carbocycles. The summed E-state index contributed by atoms with van der Waals surface area (Å²) in [5.74, 6) is -0.899. The number of carboxylic acid groups (broad SMARTS) is 1. The van der Waals surface area contributed by atoms with Gasteiger partial charge in [-0.05, 0) is 25.5 Å². The maximum atomic E-state index is 11.8. The molecule has 0 bridgehead atoms. The Hall–Kier alpha value is -0.920. The number of nitrogens with zero attached hydrogens (tertiary/aromatic N) is 1. The summed E-state index contributed by atoms with van der Waals surface area (Å²) in [4.78, 5) is 15.5. The number of hydrogen-bond donors (Lipinski definition) is 1. The lowest BCUT2D eigenvalue weighted by Crippen LogP contribution is -2.50. The van der Waals surface area contributed by atoms with Gasteiger partial charge in [-0.25, -0.2) is 8.42 Å². The molecule has 2 unspecified atom stereocenters. The van der Waals surface area contributed by atoms with Gasteiger partial charge in [-0.2, -0.15) is 0 Å². The van der Waals surface area contributed by atoms with Crippen LogP contribution in [0.25, 0.3) is 0 Å². The van der Waals surface area contributed by atoms with Crippen molar-refractivity contribution >= 4 is 27.1 Å². The summed E-state index contributed by atoms with van der Waals surface area (Å²) in [6.45, 7) is 4.53. The van der Waals surface area contributed by atoms with Crippen LogP contribution in [0.3, 0.4) is 0 Å². The van der Waals surface area contributed by atoms with Gasteiger partial charge in [0.05, 0.1) is 17.9 Å². The second-order valence-electron chi connectivity index (χ2n) is 5.44. The lowest BCUT2D eigenvalue weighted by Gasteiger charge is -2.38. The van der Waals surface area contributed by atoms with E-state index < -0.39 is 21.8 Å². The van der Waals surface area contributed by atoms with E-state index in [4.69, 9.17) is 5.11 Å². The molecule has 2 heterocycles. The minimum atomic E-state index is -3.13. The summed E-state index contributed by atoms with van der Waals surface area (Å²) in [5, 5.41) is 9.03. The zero-order valence-electron chi connectivity index (χ0n) is 12.3. The van der Waals surface area contributed by atoms with Crippen LogP contribution in [0.15, 0.2) is 12.1 Å². The van der Waals surface area contributed by atoms with Crippen molar-refractivity contribution in [3.63, 3.8) is 0 Å². The first-order chi connectivity index (χ1) is 9.82. The Morgan fingerprint density at radius 2 is 2.24 bits per heavy atom. The molecule has 0 aromatic carbocycles. The third-order valence-corrected chi connectivity index (χ3v) is 7.02. The first-order valence-corrected chi connectivity index (χ1v) is 9.72. The topological polar surface area (TPSA) is 74.7 Å². The molecule has 0 radical (unpaired) electrons. The van der Waals surface area contributed by atoms with Gasteiger partial charge in [0, 0.05) is 28.4 Å². The molecule has 1 fully saturated rings. The number of rotatable bonds is 5. The van der Waals surface area contributed by atoms with E-state index in [-0.39, 0.29) is 24.0 Å². The third kappa shape index (κ3) is 4.05. The minimum absolute atomic E-state index is 0.0511. The third-order valence-electron chi connectivity index (χ3n) is 3.93. The number of thiophene rings is 1. The van der Waals surface area contributed by atoms with Crippen molar-refractivity contribution in [3.8, 4) is 0 Å². The zero-order valence-corrected chi connectivity index (χ0v) is 13.9. The molecule has 0 amide bonds. The van der Waals surface area contributed by atoms with Gasteiger partial charge in [-0.15, -0.1) is 11.3 Å². The number of sulfone groups is 1. The largest absolute Gasteiger partial charge is 0.481 e. The molecule has 1 aliphatic heterocycles. The van der Waals surface area contributed by atoms with Crippen LogP contribution in [0.4, 0.5) is 0 Å². The molecule has 1 aromatic heterocycles. The second kappa shape index (κ2) is 6.46. The molecule has 1 aliphatic rings. The van der Waals surface area contributed by atoms with Crippen LogP contribution in [0.1, 0.15) is 36.1 Å². The Morgan fingerprint density at radius 3 is 2.81 bits per heavy atom. The van der Waals surface area contributed by atoms with Crippen LogP contribution in [0.5, 0.6) is 0 Å². The predicted molar refractivity (Wildman–Crippen MR) is 83.5 cm³/mol. The molecule has 1 saturated heterocycles. The van der Waals surface area contributed by atoms with Gasteiger partial charge in [0.25, 0.3) is 0 Å². The number of aliphatic carboxylic acids is 1. The molecule has 5 nitrogen and oxygen atoms in total. The van der Waals surface area contributed by atoms with Gasteiger partial charge in [0.15, 0.2) is 9.84 Å². The fourth-order valence-electron chi connectivity index (χ4n) is 2.76. The van der Waals surface area contributed by atoms with Crippen molar-refractivity contribution in [3.05, 3.63) is 21.9 Å². The number of aryl methyl sites for hydroxylation is 1. The maximum Gasteiger partial charge on any atom is 0.304 e. The molecule has 1 aromatic rings. The summed E-state index contributed by atoms with van der Waals surface area (Å²) >= 11 is 1.72. The lowest BCUT2D eigenvalue weighted by molar-refractivity contribution is -0.138. The van der Waals surface area contributed by atoms with Crippen molar-refractivity contribution < 1.29 is 18.3 Å². The van der Waals surface area contributed by atoms with E-state index in [9.17, 15) is 13.2 Å². The van der Waals surface area contributed by atoms with Gasteiger partial charge in [-0.3, -0.25) is 9.69 Å². The molecule has 0 spiro atoms. The Balaban J connectivity index is 2.20. The number of carbonyl (C=O) groups is 1. The van der Waals surface area contributed by atoms with E-state index in [0.717, 1.165) is 6.42 Å². The normalized spacial score (nSPS) is 23.8. The summed E-state index contributed by atoms with van der Waals surface area (Å²) in [6.07, 6.45) is 0.847. The van der Waals surface area contributed by atoms with E-state index in [1.54, 1.807) is 11.3 Å². The predicted octanol–water partition coefficient (Wildman–Crippen LogP) is 1.95. The molecule has 7 heteroatoms. The first-order valence-electron chi connectivity index (χ1n) is 7.09. The minimum Gasteiger partial charge on any atom is -0.481 e. The van der Waals surface area contributed by atoms with Crippen LogP contribution in [0, 0.1) is 0 Å². The lowest BCUT2D eigenvalue weighted by atomic mass is 10.1. The Kier molecular flexibility index (Phi) is 5.06. The van der Waals surface area contributed by atoms with Gasteiger partial charge in [0.2, 0.25) is 0 Å². The number of carboxylic acids is 1. The zero-order chi connectivity index (χ0) is 15.6. The molecular formula is C14H21NO4S2. The number of hydrogen-bond acceptors (Lipinski definition) is 5. The summed E-state index contributed by atoms with van der Waals surface area (Å²) < 4.78 is 23.6. The van der Waals surface area contributed by atoms with E-state index in [2.05, 4.69) is 19.1 Å². The Bertz CT molecular complexity index is 608. The molecule has 21 heavy (non-hydrogen) atoms. The molecule has 1 N–H and O–H groups in total. The highest BCUT2D eigenvalue weighted by atomic mass is 32.2. The van der Waals surface area contributed by atoms with Crippen molar-refractivity contribution in [1.82, 2.24) is 4.90 Å². The average molecular weight is 331 g/mol. The SMILES string of the molecule is CCc1ccc(C(C)N2CCS(=O)(=O)CC2CC(=O)O)s1. The van der Waals surface area contributed by atoms with Crippen molar-refractivity contribution in [1.29, 1.82) is 0 Å². The van der Waals surface area contributed by atoms with Gasteiger partial charge < -0.3 is 5.11 Å². The maximum absolute atomic E-state index is 11.8. The van der Waals surface area contributed by atoms with E-state index >= 15 is 0 Å². The monoisotopic (exact) mass is 331 g/mol. The fourth-order valence-corrected chi connectivity index (χ4v) is 5.34. The Labute approximate surface area is 129 Å². The van der Waals surface area contributed by atoms with Gasteiger partial charge >= 0.3 is 5.97 Å². The first kappa shape index (κ1) is 16.5. The highest BCUT2D eigenvalue weighted by molar-refractivity contribution is 7.91. The van der Waals surface area contributed by atoms with Gasteiger partial charge in [-0.1, -0.05) is 6.92 Å². The van der Waals surface area contributed by atoms with Crippen LogP contribution < -0.4 is 0 Å². The second-order valence-corrected chi connectivity index (χ2v) is 8.87. The highest BCUT2D eigenvalue weighted by Crippen LogP contribution is 2.31. The highest BCUT2D eigenvalue weighted by Gasteiger charge is 2.35. The van der Waals surface area contributed by atoms with Crippen molar-refractivity contribution in [2.24, 2.45) is 0 Å². The smallest absolute Gasteiger partial charge is 0.304 e. The van der Waals surface area contributed by atoms with Crippen LogP contribution in [-0.4, -0.2) is 48.5 Å². The summed E-state index contributed by atoms with van der Waals surface area (Å²) in [5.41, 5.74) is 0. The Morgan fingerprint density at radius 1 is 1.52 bits per heavy atom. The van der Waals surface area contributed by atoms with E-state index in [1.165, 1.54) is 9.75 Å². The van der Waals surface area contributed by atoms with E-state index in [1.807, 2.05) is 11.8 Å². The van der Waals surface area contributed by atoms with Crippen LogP contribution in [0.2, 0.25) is 0 Å². The van der Waals surface area contributed by atoms with Crippen molar-refractivity contribution in [2.75, 3.05) is 18.1 Å². The summed E-state index contributed by atoms with van der Waals surface area (Å²) in [7, 11) is -3.13. The molecular weight excluding hydrogens is 310 g/mol. The molecule has 0 saturated carbocycles. The average Bonchev–Trinajstić information content (AvgIpc) is 2.85. The molecule has 2 rings (SSSR count). The van der Waals surface area contributed by atoms with Crippen LogP contribution >= 0.6 is 11.3 Å². The van der Waals surface area contributed by atoms with Gasteiger partial charge in [0.1, 0.15) is 0 Å². The van der Waals surface area contributed by atoms with Crippen molar-refractivity contribution in [2.45, 2.75) is 38.8 Å². The van der Waals surface area contributed by atoms with Crippen LogP contribution in [-0.2, 0) is 21.1 Å². The molecule has 2 atom stereocenters. The standard InChI is InChI=1S/C14H21NO4S2/c1-3-12-4-5-13(20-12)10(2)15-6-7-21(18,19)9-11(15)8-14(16)17/h4-5,10-11H,3,6-9H2,1-2H3,(H,16,17). The van der Waals surface area contributed by atoms with E-state index in [0.29, 0.717) is 6.54 Å². The quantitative estimate of drug-likeness (QED) is 0.892.